The highest BCUT2D eigenvalue weighted by molar-refractivity contribution is 6.13. The van der Waals surface area contributed by atoms with Crippen LogP contribution in [0, 0.1) is 0 Å². The number of hydrogen-bond acceptors (Lipinski definition) is 4. The third-order valence-corrected chi connectivity index (χ3v) is 4.21. The molecule has 0 radical (unpaired) electrons. The Labute approximate surface area is 134 Å². The summed E-state index contributed by atoms with van der Waals surface area (Å²) in [6, 6.07) is 5.69. The first kappa shape index (κ1) is 13.9. The summed E-state index contributed by atoms with van der Waals surface area (Å²) in [6.45, 7) is 4.16. The molecule has 5 heteroatoms. The Morgan fingerprint density at radius 2 is 2.13 bits per heavy atom. The molecule has 0 unspecified atom stereocenters. The lowest BCUT2D eigenvalue weighted by Gasteiger charge is -2.07. The summed E-state index contributed by atoms with van der Waals surface area (Å²) in [5.74, 6) is 1.09. The first-order valence-corrected chi connectivity index (χ1v) is 7.86. The fraction of sp³-hybridized carbons (Fsp3) is 0.278. The smallest absolute Gasteiger partial charge is 0.176 e. The molecule has 116 valence electrons. The normalized spacial score (nSPS) is 16.4. The number of aromatic hydroxyl groups is 1. The molecule has 1 aromatic carbocycles. The molecule has 0 saturated heterocycles. The van der Waals surface area contributed by atoms with Crippen molar-refractivity contribution in [1.29, 1.82) is 0 Å². The average Bonchev–Trinajstić information content (AvgIpc) is 3.11. The van der Waals surface area contributed by atoms with Gasteiger partial charge in [0.1, 0.15) is 17.8 Å². The van der Waals surface area contributed by atoms with Crippen molar-refractivity contribution in [3.63, 3.8) is 0 Å². The zero-order valence-electron chi connectivity index (χ0n) is 13.2. The number of allylic oxidation sites excluding steroid dienone is 1. The van der Waals surface area contributed by atoms with Crippen LogP contribution in [-0.2, 0) is 0 Å². The molecule has 0 atom stereocenters. The number of rotatable bonds is 2. The molecular formula is C18H18N4O. The molecule has 5 nitrogen and oxygen atoms in total. The van der Waals surface area contributed by atoms with E-state index in [1.165, 1.54) is 5.57 Å². The van der Waals surface area contributed by atoms with Crippen LogP contribution in [0.3, 0.4) is 0 Å². The minimum Gasteiger partial charge on any atom is -0.508 e. The number of aliphatic imine (C=N–C) groups is 1. The third kappa shape index (κ3) is 2.29. The third-order valence-electron chi connectivity index (χ3n) is 4.21. The highest BCUT2D eigenvalue weighted by Crippen LogP contribution is 2.27. The lowest BCUT2D eigenvalue weighted by Crippen LogP contribution is -2.25. The van der Waals surface area contributed by atoms with Gasteiger partial charge < -0.3 is 5.11 Å². The van der Waals surface area contributed by atoms with Crippen molar-refractivity contribution in [3.8, 4) is 5.75 Å². The van der Waals surface area contributed by atoms with Gasteiger partial charge in [-0.3, -0.25) is 0 Å². The van der Waals surface area contributed by atoms with Crippen molar-refractivity contribution in [1.82, 2.24) is 14.8 Å². The van der Waals surface area contributed by atoms with E-state index in [2.05, 4.69) is 36.1 Å². The van der Waals surface area contributed by atoms with E-state index >= 15 is 0 Å². The minimum atomic E-state index is 0.238. The van der Waals surface area contributed by atoms with Crippen LogP contribution < -0.4 is 10.4 Å². The zero-order chi connectivity index (χ0) is 16.0. The van der Waals surface area contributed by atoms with E-state index < -0.39 is 0 Å². The topological polar surface area (TPSA) is 63.3 Å². The molecule has 2 heterocycles. The van der Waals surface area contributed by atoms with Crippen molar-refractivity contribution in [3.05, 3.63) is 52.4 Å². The Morgan fingerprint density at radius 1 is 1.26 bits per heavy atom. The second kappa shape index (κ2) is 5.19. The molecule has 4 rings (SSSR count). The molecule has 1 aliphatic carbocycles. The van der Waals surface area contributed by atoms with Crippen LogP contribution in [0.1, 0.15) is 38.6 Å². The highest BCUT2D eigenvalue weighted by Gasteiger charge is 2.21. The van der Waals surface area contributed by atoms with Crippen LogP contribution in [0.2, 0.25) is 0 Å². The first-order chi connectivity index (χ1) is 11.1. The minimum absolute atomic E-state index is 0.238. The summed E-state index contributed by atoms with van der Waals surface area (Å²) in [4.78, 5) is 9.23. The molecule has 23 heavy (non-hydrogen) atoms. The predicted octanol–water partition coefficient (Wildman–Crippen LogP) is 1.68. The standard InChI is InChI=1S/C18H18N4O/c1-11(2)22-18(19-10-20-22)16-9-13-5-3-4-12-8-14(23)6-7-15(12)17(13)21-16/h4,6-11,23H,3,5H2,1-2H3. The quantitative estimate of drug-likeness (QED) is 0.918. The van der Waals surface area contributed by atoms with Crippen molar-refractivity contribution in [2.45, 2.75) is 32.7 Å². The molecule has 0 bridgehead atoms. The van der Waals surface area contributed by atoms with E-state index in [0.29, 0.717) is 0 Å². The van der Waals surface area contributed by atoms with Gasteiger partial charge in [0.2, 0.25) is 0 Å². The predicted molar refractivity (Wildman–Crippen MR) is 89.5 cm³/mol. The van der Waals surface area contributed by atoms with Gasteiger partial charge in [-0.25, -0.2) is 14.7 Å². The number of nitrogens with zero attached hydrogens (tertiary/aromatic N) is 4. The van der Waals surface area contributed by atoms with Gasteiger partial charge in [0, 0.05) is 11.3 Å². The second-order valence-corrected chi connectivity index (χ2v) is 6.15. The van der Waals surface area contributed by atoms with E-state index in [4.69, 9.17) is 4.99 Å². The maximum absolute atomic E-state index is 9.72. The summed E-state index contributed by atoms with van der Waals surface area (Å²) >= 11 is 0. The van der Waals surface area contributed by atoms with E-state index in [9.17, 15) is 5.11 Å². The van der Waals surface area contributed by atoms with Crippen molar-refractivity contribution >= 4 is 17.5 Å². The Morgan fingerprint density at radius 3 is 2.96 bits per heavy atom. The largest absolute Gasteiger partial charge is 0.508 e. The SMILES string of the molecule is CC(C)n1ncnc1C1=NC2=c3ccc(O)cc3=CCCC2=C1. The van der Waals surface area contributed by atoms with Gasteiger partial charge in [-0.15, -0.1) is 0 Å². The molecular weight excluding hydrogens is 288 g/mol. The summed E-state index contributed by atoms with van der Waals surface area (Å²) in [5.41, 5.74) is 3.07. The average molecular weight is 306 g/mol. The van der Waals surface area contributed by atoms with Crippen molar-refractivity contribution < 1.29 is 5.11 Å². The molecule has 1 aromatic heterocycles. The number of benzene rings is 1. The highest BCUT2D eigenvalue weighted by atomic mass is 16.3. The number of aromatic nitrogens is 3. The summed E-state index contributed by atoms with van der Waals surface area (Å²) in [6.07, 6.45) is 7.73. The zero-order valence-corrected chi connectivity index (χ0v) is 13.2. The summed E-state index contributed by atoms with van der Waals surface area (Å²) in [7, 11) is 0. The lowest BCUT2D eigenvalue weighted by molar-refractivity contribution is 0.474. The van der Waals surface area contributed by atoms with Crippen LogP contribution in [0.25, 0.3) is 11.8 Å². The Hall–Kier alpha value is -2.69. The van der Waals surface area contributed by atoms with E-state index in [1.54, 1.807) is 18.5 Å². The molecule has 1 N–H and O–H groups in total. The fourth-order valence-corrected chi connectivity index (χ4v) is 3.13. The van der Waals surface area contributed by atoms with E-state index in [1.807, 2.05) is 10.7 Å². The Bertz CT molecular complexity index is 963. The maximum atomic E-state index is 9.72. The van der Waals surface area contributed by atoms with Gasteiger partial charge in [0.05, 0.1) is 5.70 Å². The molecule has 2 aliphatic rings. The van der Waals surface area contributed by atoms with Gasteiger partial charge in [-0.2, -0.15) is 5.10 Å². The molecule has 0 spiro atoms. The summed E-state index contributed by atoms with van der Waals surface area (Å²) < 4.78 is 1.89. The van der Waals surface area contributed by atoms with Crippen LogP contribution >= 0.6 is 0 Å². The van der Waals surface area contributed by atoms with E-state index in [0.717, 1.165) is 40.5 Å². The fourth-order valence-electron chi connectivity index (χ4n) is 3.13. The molecule has 1 aliphatic heterocycles. The van der Waals surface area contributed by atoms with Crippen LogP contribution in [0.5, 0.6) is 5.75 Å². The summed E-state index contributed by atoms with van der Waals surface area (Å²) in [5, 5.41) is 16.1. The van der Waals surface area contributed by atoms with Gasteiger partial charge >= 0.3 is 0 Å². The Kier molecular flexibility index (Phi) is 3.15. The Balaban J connectivity index is 1.94. The number of fused-ring (bicyclic) bond motifs is 2. The monoisotopic (exact) mass is 306 g/mol. The number of phenolic OH excluding ortho intramolecular Hbond substituents is 1. The van der Waals surface area contributed by atoms with Crippen LogP contribution in [0.4, 0.5) is 0 Å². The van der Waals surface area contributed by atoms with Gasteiger partial charge in [-0.1, -0.05) is 6.08 Å². The van der Waals surface area contributed by atoms with E-state index in [-0.39, 0.29) is 11.8 Å². The second-order valence-electron chi connectivity index (χ2n) is 6.15. The van der Waals surface area contributed by atoms with Crippen molar-refractivity contribution in [2.75, 3.05) is 0 Å². The van der Waals surface area contributed by atoms with Gasteiger partial charge in [0.15, 0.2) is 5.82 Å². The van der Waals surface area contributed by atoms with Gasteiger partial charge in [-0.05, 0) is 61.8 Å². The van der Waals surface area contributed by atoms with Crippen LogP contribution in [0.15, 0.2) is 41.2 Å². The van der Waals surface area contributed by atoms with Crippen LogP contribution in [-0.4, -0.2) is 25.6 Å². The molecule has 0 saturated carbocycles. The molecule has 0 fully saturated rings. The first-order valence-electron chi connectivity index (χ1n) is 7.86. The lowest BCUT2D eigenvalue weighted by atomic mass is 10.1. The maximum Gasteiger partial charge on any atom is 0.176 e. The van der Waals surface area contributed by atoms with Crippen molar-refractivity contribution in [2.24, 2.45) is 4.99 Å². The molecule has 0 amide bonds. The molecule has 2 aromatic rings. The van der Waals surface area contributed by atoms with Gasteiger partial charge in [0.25, 0.3) is 0 Å². The number of phenols is 1. The number of hydrogen-bond donors (Lipinski definition) is 1.